The van der Waals surface area contributed by atoms with E-state index in [2.05, 4.69) is 15.3 Å². The summed E-state index contributed by atoms with van der Waals surface area (Å²) >= 11 is 7.00. The molecule has 0 atom stereocenters. The summed E-state index contributed by atoms with van der Waals surface area (Å²) in [5.41, 5.74) is 0. The first-order valence-electron chi connectivity index (χ1n) is 5.52. The molecular weight excluding hydrogens is 285 g/mol. The third-order valence-corrected chi connectivity index (χ3v) is 3.13. The molecule has 19 heavy (non-hydrogen) atoms. The highest BCUT2D eigenvalue weighted by molar-refractivity contribution is 7.11. The van der Waals surface area contributed by atoms with Crippen molar-refractivity contribution in [2.24, 2.45) is 4.99 Å². The Labute approximate surface area is 119 Å². The SMILES string of the molecule is C1=CNC(c2nccs2)=NC1.Fc1cccc(Cl)c1. The Balaban J connectivity index is 0.000000148. The maximum absolute atomic E-state index is 12.1. The molecule has 0 radical (unpaired) electrons. The molecule has 0 unspecified atom stereocenters. The molecule has 2 heterocycles. The number of hydrogen-bond acceptors (Lipinski definition) is 4. The van der Waals surface area contributed by atoms with E-state index in [1.165, 1.54) is 12.1 Å². The van der Waals surface area contributed by atoms with Crippen LogP contribution in [0.5, 0.6) is 0 Å². The minimum absolute atomic E-state index is 0.294. The van der Waals surface area contributed by atoms with Crippen molar-refractivity contribution in [3.8, 4) is 0 Å². The van der Waals surface area contributed by atoms with Crippen LogP contribution in [-0.2, 0) is 0 Å². The van der Waals surface area contributed by atoms with Gasteiger partial charge in [-0.25, -0.2) is 9.37 Å². The van der Waals surface area contributed by atoms with E-state index in [4.69, 9.17) is 11.6 Å². The van der Waals surface area contributed by atoms with Crippen LogP contribution < -0.4 is 5.32 Å². The van der Waals surface area contributed by atoms with Gasteiger partial charge < -0.3 is 5.32 Å². The molecule has 1 aromatic heterocycles. The standard InChI is InChI=1S/C7H7N3S.C6H4ClF/c1-2-8-6(9-3-1)7-10-4-5-11-7;7-5-2-1-3-6(8)4-5/h1-2,4-5H,3H2,(H,8,9);1-4H. The average molecular weight is 296 g/mol. The van der Waals surface area contributed by atoms with Gasteiger partial charge in [0.1, 0.15) is 5.82 Å². The molecule has 1 aliphatic heterocycles. The van der Waals surface area contributed by atoms with E-state index < -0.39 is 0 Å². The summed E-state index contributed by atoms with van der Waals surface area (Å²) < 4.78 is 12.1. The van der Waals surface area contributed by atoms with Crippen molar-refractivity contribution >= 4 is 28.8 Å². The third kappa shape index (κ3) is 4.46. The Bertz CT molecular complexity index is 564. The smallest absolute Gasteiger partial charge is 0.162 e. The van der Waals surface area contributed by atoms with Crippen LogP contribution in [0.15, 0.2) is 53.1 Å². The highest BCUT2D eigenvalue weighted by atomic mass is 35.5. The van der Waals surface area contributed by atoms with Gasteiger partial charge >= 0.3 is 0 Å². The van der Waals surface area contributed by atoms with Gasteiger partial charge in [-0.1, -0.05) is 17.7 Å². The average Bonchev–Trinajstić information content (AvgIpc) is 2.94. The van der Waals surface area contributed by atoms with E-state index in [0.29, 0.717) is 5.02 Å². The van der Waals surface area contributed by atoms with E-state index in [1.54, 1.807) is 29.7 Å². The van der Waals surface area contributed by atoms with Gasteiger partial charge in [0.2, 0.25) is 0 Å². The van der Waals surface area contributed by atoms with Gasteiger partial charge in [0.15, 0.2) is 10.8 Å². The Hall–Kier alpha value is -1.72. The molecule has 0 saturated heterocycles. The molecule has 1 aromatic carbocycles. The first kappa shape index (κ1) is 13.7. The van der Waals surface area contributed by atoms with E-state index in [-0.39, 0.29) is 5.82 Å². The highest BCUT2D eigenvalue weighted by Gasteiger charge is 2.04. The topological polar surface area (TPSA) is 37.3 Å². The van der Waals surface area contributed by atoms with Crippen molar-refractivity contribution in [1.82, 2.24) is 10.3 Å². The van der Waals surface area contributed by atoms with Crippen molar-refractivity contribution in [3.05, 3.63) is 64.0 Å². The van der Waals surface area contributed by atoms with Gasteiger partial charge in [0.25, 0.3) is 0 Å². The van der Waals surface area contributed by atoms with E-state index in [1.807, 2.05) is 17.7 Å². The zero-order valence-electron chi connectivity index (χ0n) is 9.88. The molecule has 98 valence electrons. The monoisotopic (exact) mass is 295 g/mol. The molecule has 2 aromatic rings. The second-order valence-electron chi connectivity index (χ2n) is 3.51. The summed E-state index contributed by atoms with van der Waals surface area (Å²) in [5, 5.41) is 6.37. The summed E-state index contributed by atoms with van der Waals surface area (Å²) in [5.74, 6) is 0.583. The van der Waals surface area contributed by atoms with Gasteiger partial charge in [0, 0.05) is 22.8 Å². The van der Waals surface area contributed by atoms with Crippen LogP contribution in [0.1, 0.15) is 5.01 Å². The summed E-state index contributed by atoms with van der Waals surface area (Å²) in [4.78, 5) is 8.37. The number of nitrogens with zero attached hydrogens (tertiary/aromatic N) is 2. The minimum atomic E-state index is -0.294. The number of aliphatic imine (C=N–C) groups is 1. The molecular formula is C13H11ClFN3S. The van der Waals surface area contributed by atoms with Crippen molar-refractivity contribution in [1.29, 1.82) is 0 Å². The zero-order valence-corrected chi connectivity index (χ0v) is 11.5. The second-order valence-corrected chi connectivity index (χ2v) is 4.84. The van der Waals surface area contributed by atoms with Crippen LogP contribution in [0.4, 0.5) is 4.39 Å². The number of benzene rings is 1. The number of nitrogens with one attached hydrogen (secondary N) is 1. The predicted octanol–water partition coefficient (Wildman–Crippen LogP) is 3.49. The molecule has 0 amide bonds. The lowest BCUT2D eigenvalue weighted by Crippen LogP contribution is -2.21. The van der Waals surface area contributed by atoms with Gasteiger partial charge in [-0.05, 0) is 24.3 Å². The van der Waals surface area contributed by atoms with Gasteiger partial charge in [-0.3, -0.25) is 4.99 Å². The number of amidine groups is 1. The van der Waals surface area contributed by atoms with Gasteiger partial charge in [0.05, 0.1) is 6.54 Å². The molecule has 0 aliphatic carbocycles. The molecule has 1 aliphatic rings. The normalized spacial score (nSPS) is 13.1. The molecule has 0 bridgehead atoms. The first-order chi connectivity index (χ1) is 9.25. The Morgan fingerprint density at radius 3 is 2.79 bits per heavy atom. The van der Waals surface area contributed by atoms with Crippen LogP contribution in [0.3, 0.4) is 0 Å². The fourth-order valence-corrected chi connectivity index (χ4v) is 2.09. The highest BCUT2D eigenvalue weighted by Crippen LogP contribution is 2.08. The quantitative estimate of drug-likeness (QED) is 0.874. The number of rotatable bonds is 1. The molecule has 3 rings (SSSR count). The number of aromatic nitrogens is 1. The van der Waals surface area contributed by atoms with Gasteiger partial charge in [-0.2, -0.15) is 0 Å². The maximum atomic E-state index is 12.1. The summed E-state index contributed by atoms with van der Waals surface area (Å²) in [6, 6.07) is 5.82. The van der Waals surface area contributed by atoms with Crippen LogP contribution in [0.25, 0.3) is 0 Å². The maximum Gasteiger partial charge on any atom is 0.162 e. The van der Waals surface area contributed by atoms with E-state index in [0.717, 1.165) is 17.4 Å². The molecule has 6 heteroatoms. The van der Waals surface area contributed by atoms with Gasteiger partial charge in [-0.15, -0.1) is 11.3 Å². The largest absolute Gasteiger partial charge is 0.345 e. The zero-order chi connectivity index (χ0) is 13.5. The molecule has 0 spiro atoms. The molecule has 3 nitrogen and oxygen atoms in total. The molecule has 0 saturated carbocycles. The predicted molar refractivity (Wildman–Crippen MR) is 77.2 cm³/mol. The third-order valence-electron chi connectivity index (χ3n) is 2.11. The van der Waals surface area contributed by atoms with Crippen LogP contribution in [0, 0.1) is 5.82 Å². The molecule has 1 N–H and O–H groups in total. The van der Waals surface area contributed by atoms with Crippen molar-refractivity contribution in [2.75, 3.05) is 6.54 Å². The lowest BCUT2D eigenvalue weighted by molar-refractivity contribution is 0.628. The fraction of sp³-hybridized carbons (Fsp3) is 0.0769. The van der Waals surface area contributed by atoms with Crippen LogP contribution in [-0.4, -0.2) is 17.4 Å². The summed E-state index contributed by atoms with van der Waals surface area (Å²) in [6.07, 6.45) is 5.64. The fourth-order valence-electron chi connectivity index (χ4n) is 1.31. The first-order valence-corrected chi connectivity index (χ1v) is 6.78. The number of hydrogen-bond donors (Lipinski definition) is 1. The molecule has 0 fully saturated rings. The number of thiazole rings is 1. The summed E-state index contributed by atoms with van der Waals surface area (Å²) in [6.45, 7) is 0.752. The Morgan fingerprint density at radius 1 is 1.37 bits per heavy atom. The van der Waals surface area contributed by atoms with Crippen LogP contribution in [0.2, 0.25) is 5.02 Å². The van der Waals surface area contributed by atoms with Crippen molar-refractivity contribution < 1.29 is 4.39 Å². The summed E-state index contributed by atoms with van der Waals surface area (Å²) in [7, 11) is 0. The second kappa shape index (κ2) is 7.01. The lowest BCUT2D eigenvalue weighted by atomic mass is 10.4. The lowest BCUT2D eigenvalue weighted by Gasteiger charge is -2.05. The van der Waals surface area contributed by atoms with E-state index >= 15 is 0 Å². The van der Waals surface area contributed by atoms with Crippen LogP contribution >= 0.6 is 22.9 Å². The van der Waals surface area contributed by atoms with Crippen molar-refractivity contribution in [2.45, 2.75) is 0 Å². The van der Waals surface area contributed by atoms with Crippen molar-refractivity contribution in [3.63, 3.8) is 0 Å². The Kier molecular flexibility index (Phi) is 5.06. The minimum Gasteiger partial charge on any atom is -0.345 e. The van der Waals surface area contributed by atoms with E-state index in [9.17, 15) is 4.39 Å². The Morgan fingerprint density at radius 2 is 2.26 bits per heavy atom. The number of halogens is 2.